The number of hydrogen-bond donors (Lipinski definition) is 2. The third-order valence-electron chi connectivity index (χ3n) is 3.07. The fraction of sp³-hybridized carbons (Fsp3) is 0.471. The van der Waals surface area contributed by atoms with Crippen molar-refractivity contribution in [3.63, 3.8) is 0 Å². The molecule has 1 aromatic carbocycles. The van der Waals surface area contributed by atoms with E-state index < -0.39 is 5.91 Å². The normalized spacial score (nSPS) is 11.4. The van der Waals surface area contributed by atoms with Crippen molar-refractivity contribution in [2.75, 3.05) is 13.2 Å². The summed E-state index contributed by atoms with van der Waals surface area (Å²) in [6.45, 7) is 8.11. The van der Waals surface area contributed by atoms with Crippen molar-refractivity contribution in [1.29, 1.82) is 0 Å². The number of carbonyl (C=O) groups is 2. The van der Waals surface area contributed by atoms with Gasteiger partial charge in [-0.05, 0) is 53.4 Å². The van der Waals surface area contributed by atoms with E-state index in [1.54, 1.807) is 6.92 Å². The van der Waals surface area contributed by atoms with Crippen LogP contribution >= 0.6 is 31.9 Å². The van der Waals surface area contributed by atoms with Gasteiger partial charge in [0.2, 0.25) is 5.91 Å². The lowest BCUT2D eigenvalue weighted by Crippen LogP contribution is -2.30. The van der Waals surface area contributed by atoms with Crippen LogP contribution in [0.15, 0.2) is 26.2 Å². The molecule has 0 atom stereocenters. The molecule has 0 unspecified atom stereocenters. The summed E-state index contributed by atoms with van der Waals surface area (Å²) < 4.78 is 7.18. The van der Waals surface area contributed by atoms with E-state index in [1.807, 2.05) is 32.9 Å². The lowest BCUT2D eigenvalue weighted by atomic mass is 10.2. The number of hydrazone groups is 1. The van der Waals surface area contributed by atoms with Crippen LogP contribution in [0.3, 0.4) is 0 Å². The number of nitrogens with one attached hydrogen (secondary N) is 2. The molecule has 0 aliphatic rings. The molecule has 1 aromatic rings. The van der Waals surface area contributed by atoms with Crippen LogP contribution in [0.1, 0.15) is 32.8 Å². The number of carbonyl (C=O) groups excluding carboxylic acids is 2. The van der Waals surface area contributed by atoms with Gasteiger partial charge >= 0.3 is 0 Å². The molecule has 0 spiro atoms. The van der Waals surface area contributed by atoms with Crippen LogP contribution in [0.5, 0.6) is 5.75 Å². The van der Waals surface area contributed by atoms with Crippen molar-refractivity contribution in [3.8, 4) is 5.75 Å². The number of aryl methyl sites for hydroxylation is 1. The summed E-state index contributed by atoms with van der Waals surface area (Å²) in [6.07, 6.45) is 0.144. The molecule has 8 heteroatoms. The molecule has 138 valence electrons. The molecule has 6 nitrogen and oxygen atoms in total. The van der Waals surface area contributed by atoms with Gasteiger partial charge in [0.1, 0.15) is 5.75 Å². The van der Waals surface area contributed by atoms with Crippen molar-refractivity contribution in [2.24, 2.45) is 11.0 Å². The molecule has 2 N–H and O–H groups in total. The van der Waals surface area contributed by atoms with Crippen LogP contribution in [-0.2, 0) is 9.59 Å². The lowest BCUT2D eigenvalue weighted by Gasteiger charge is -2.10. The Labute approximate surface area is 165 Å². The minimum Gasteiger partial charge on any atom is -0.483 e. The molecule has 0 aliphatic carbocycles. The number of ether oxygens (including phenoxy) is 1. The second kappa shape index (κ2) is 10.6. The summed E-state index contributed by atoms with van der Waals surface area (Å²) in [5, 5.41) is 6.71. The van der Waals surface area contributed by atoms with Gasteiger partial charge in [-0.15, -0.1) is 0 Å². The minimum atomic E-state index is -0.394. The highest BCUT2D eigenvalue weighted by Gasteiger charge is 2.09. The van der Waals surface area contributed by atoms with Gasteiger partial charge in [0.25, 0.3) is 5.91 Å². The summed E-state index contributed by atoms with van der Waals surface area (Å²) in [4.78, 5) is 23.5. The monoisotopic (exact) mass is 475 g/mol. The molecule has 0 aliphatic heterocycles. The molecule has 25 heavy (non-hydrogen) atoms. The fourth-order valence-electron chi connectivity index (χ4n) is 1.73. The van der Waals surface area contributed by atoms with Crippen LogP contribution in [0, 0.1) is 12.8 Å². The van der Waals surface area contributed by atoms with Gasteiger partial charge in [-0.2, -0.15) is 5.10 Å². The van der Waals surface area contributed by atoms with E-state index in [0.29, 0.717) is 23.9 Å². The Bertz CT molecular complexity index is 661. The Balaban J connectivity index is 2.44. The molecule has 2 amide bonds. The molecule has 0 radical (unpaired) electrons. The lowest BCUT2D eigenvalue weighted by molar-refractivity contribution is -0.123. The molecule has 0 saturated carbocycles. The molecular weight excluding hydrogens is 454 g/mol. The van der Waals surface area contributed by atoms with Gasteiger partial charge in [0.15, 0.2) is 6.61 Å². The number of hydrogen-bond acceptors (Lipinski definition) is 4. The van der Waals surface area contributed by atoms with Crippen molar-refractivity contribution in [3.05, 3.63) is 26.6 Å². The first-order chi connectivity index (χ1) is 11.7. The Kier molecular flexibility index (Phi) is 9.13. The molecular formula is C17H23Br2N3O3. The SMILES string of the molecule is C/C(CC(=O)NCC(C)C)=N\NC(=O)COc1cc(C)c(Br)cc1Br. The third kappa shape index (κ3) is 8.49. The zero-order valence-corrected chi connectivity index (χ0v) is 18.0. The van der Waals surface area contributed by atoms with Gasteiger partial charge in [0, 0.05) is 16.7 Å². The van der Waals surface area contributed by atoms with Crippen molar-refractivity contribution in [2.45, 2.75) is 34.1 Å². The predicted molar refractivity (Wildman–Crippen MR) is 106 cm³/mol. The van der Waals surface area contributed by atoms with Gasteiger partial charge < -0.3 is 10.1 Å². The van der Waals surface area contributed by atoms with Crippen molar-refractivity contribution in [1.82, 2.24) is 10.7 Å². The topological polar surface area (TPSA) is 79.8 Å². The molecule has 0 fully saturated rings. The number of amides is 2. The summed E-state index contributed by atoms with van der Waals surface area (Å²) in [6, 6.07) is 3.69. The number of benzene rings is 1. The fourth-order valence-corrected chi connectivity index (χ4v) is 2.84. The second-order valence-electron chi connectivity index (χ2n) is 6.08. The number of rotatable bonds is 8. The van der Waals surface area contributed by atoms with Crippen molar-refractivity contribution >= 4 is 49.4 Å². The maximum absolute atomic E-state index is 11.8. The molecule has 0 heterocycles. The Morgan fingerprint density at radius 2 is 1.88 bits per heavy atom. The first-order valence-corrected chi connectivity index (χ1v) is 9.44. The van der Waals surface area contributed by atoms with Crippen LogP contribution in [-0.4, -0.2) is 30.7 Å². The minimum absolute atomic E-state index is 0.116. The van der Waals surface area contributed by atoms with E-state index >= 15 is 0 Å². The molecule has 0 saturated heterocycles. The van der Waals surface area contributed by atoms with E-state index in [9.17, 15) is 9.59 Å². The Hall–Kier alpha value is -1.41. The molecule has 0 bridgehead atoms. The smallest absolute Gasteiger partial charge is 0.277 e. The highest BCUT2D eigenvalue weighted by molar-refractivity contribution is 9.11. The zero-order valence-electron chi connectivity index (χ0n) is 14.8. The summed E-state index contributed by atoms with van der Waals surface area (Å²) >= 11 is 6.81. The van der Waals surface area contributed by atoms with E-state index in [2.05, 4.69) is 47.7 Å². The van der Waals surface area contributed by atoms with E-state index in [-0.39, 0.29) is 18.9 Å². The summed E-state index contributed by atoms with van der Waals surface area (Å²) in [5.41, 5.74) is 3.91. The predicted octanol–water partition coefficient (Wildman–Crippen LogP) is 3.55. The van der Waals surface area contributed by atoms with E-state index in [1.165, 1.54) is 0 Å². The van der Waals surface area contributed by atoms with Gasteiger partial charge in [-0.25, -0.2) is 5.43 Å². The Morgan fingerprint density at radius 1 is 1.20 bits per heavy atom. The molecule has 1 rings (SSSR count). The summed E-state index contributed by atoms with van der Waals surface area (Å²) in [7, 11) is 0. The van der Waals surface area contributed by atoms with Crippen LogP contribution < -0.4 is 15.5 Å². The molecule has 0 aromatic heterocycles. The standard InChI is InChI=1S/C17H23Br2N3O3/c1-10(2)8-20-16(23)6-12(4)21-22-17(24)9-25-15-5-11(3)13(18)7-14(15)19/h5,7,10H,6,8-9H2,1-4H3,(H,20,23)(H,22,24)/b21-12+. The quantitative estimate of drug-likeness (QED) is 0.444. The summed E-state index contributed by atoms with van der Waals surface area (Å²) in [5.74, 6) is 0.452. The number of halogens is 2. The number of nitrogens with zero attached hydrogens (tertiary/aromatic N) is 1. The van der Waals surface area contributed by atoms with Crippen molar-refractivity contribution < 1.29 is 14.3 Å². The van der Waals surface area contributed by atoms with Crippen LogP contribution in [0.4, 0.5) is 0 Å². The average Bonchev–Trinajstić information content (AvgIpc) is 2.53. The van der Waals surface area contributed by atoms with Gasteiger partial charge in [-0.3, -0.25) is 9.59 Å². The maximum atomic E-state index is 11.8. The highest BCUT2D eigenvalue weighted by atomic mass is 79.9. The maximum Gasteiger partial charge on any atom is 0.277 e. The van der Waals surface area contributed by atoms with Crippen LogP contribution in [0.2, 0.25) is 0 Å². The zero-order chi connectivity index (χ0) is 19.0. The van der Waals surface area contributed by atoms with Crippen LogP contribution in [0.25, 0.3) is 0 Å². The average molecular weight is 477 g/mol. The largest absolute Gasteiger partial charge is 0.483 e. The second-order valence-corrected chi connectivity index (χ2v) is 7.79. The first kappa shape index (κ1) is 21.6. The van der Waals surface area contributed by atoms with Gasteiger partial charge in [-0.1, -0.05) is 29.8 Å². The van der Waals surface area contributed by atoms with Gasteiger partial charge in [0.05, 0.1) is 10.9 Å². The Morgan fingerprint density at radius 3 is 2.52 bits per heavy atom. The third-order valence-corrected chi connectivity index (χ3v) is 4.54. The van der Waals surface area contributed by atoms with E-state index in [0.717, 1.165) is 14.5 Å². The first-order valence-electron chi connectivity index (χ1n) is 7.86. The van der Waals surface area contributed by atoms with E-state index in [4.69, 9.17) is 4.74 Å². The highest BCUT2D eigenvalue weighted by Crippen LogP contribution is 2.31.